The molecule has 0 aliphatic carbocycles. The van der Waals surface area contributed by atoms with Gasteiger partial charge in [0, 0.05) is 10.6 Å². The minimum Gasteiger partial charge on any atom is -0.364 e. The topological polar surface area (TPSA) is 13.7 Å². The lowest BCUT2D eigenvalue weighted by Gasteiger charge is -2.32. The number of hydrogen-bond acceptors (Lipinski definition) is 2. The van der Waals surface area contributed by atoms with E-state index in [0.717, 1.165) is 13.1 Å². The Labute approximate surface area is 108 Å². The van der Waals surface area contributed by atoms with Crippen LogP contribution in [0.4, 0.5) is 0 Å². The van der Waals surface area contributed by atoms with E-state index in [2.05, 4.69) is 44.2 Å². The molecule has 0 amide bonds. The van der Waals surface area contributed by atoms with Gasteiger partial charge >= 0.3 is 0 Å². The van der Waals surface area contributed by atoms with Crippen LogP contribution in [0.15, 0.2) is 35.2 Å². The zero-order valence-corrected chi connectivity index (χ0v) is 11.5. The highest BCUT2D eigenvalue weighted by atomic mass is 32.2. The van der Waals surface area contributed by atoms with Crippen LogP contribution in [0, 0.1) is 0 Å². The van der Waals surface area contributed by atoms with Crippen molar-refractivity contribution < 1.29 is 9.64 Å². The Kier molecular flexibility index (Phi) is 4.89. The van der Waals surface area contributed by atoms with Gasteiger partial charge < -0.3 is 9.64 Å². The van der Waals surface area contributed by atoms with E-state index >= 15 is 0 Å². The summed E-state index contributed by atoms with van der Waals surface area (Å²) in [6, 6.07) is 10.7. The van der Waals surface area contributed by atoms with Gasteiger partial charge in [-0.2, -0.15) is 0 Å². The number of nitrogens with one attached hydrogen (secondary N) is 1. The highest BCUT2D eigenvalue weighted by Gasteiger charge is 2.24. The van der Waals surface area contributed by atoms with Gasteiger partial charge in [0.25, 0.3) is 0 Å². The first-order chi connectivity index (χ1) is 8.24. The molecule has 0 saturated carbocycles. The zero-order chi connectivity index (χ0) is 12.1. The smallest absolute Gasteiger partial charge is 0.104 e. The van der Waals surface area contributed by atoms with Crippen molar-refractivity contribution in [2.75, 3.05) is 25.4 Å². The molecule has 94 valence electrons. The summed E-state index contributed by atoms with van der Waals surface area (Å²) in [5, 5.41) is 0. The standard InChI is InChI=1S/C14H21NOS/c1-12-10-15(11-13(2)16-12)8-9-17-14-6-4-3-5-7-14/h3-7,12-13H,8-11H2,1-2H3/p+1/t12-,13+. The van der Waals surface area contributed by atoms with Crippen molar-refractivity contribution in [2.24, 2.45) is 0 Å². The van der Waals surface area contributed by atoms with E-state index in [9.17, 15) is 0 Å². The zero-order valence-electron chi connectivity index (χ0n) is 10.7. The number of benzene rings is 1. The molecular weight excluding hydrogens is 230 g/mol. The number of rotatable bonds is 4. The quantitative estimate of drug-likeness (QED) is 0.816. The lowest BCUT2D eigenvalue weighted by atomic mass is 10.2. The fourth-order valence-corrected chi connectivity index (χ4v) is 3.40. The van der Waals surface area contributed by atoms with E-state index in [0.29, 0.717) is 12.2 Å². The monoisotopic (exact) mass is 252 g/mol. The molecule has 1 aliphatic rings. The molecule has 3 heteroatoms. The molecule has 1 N–H and O–H groups in total. The molecule has 2 rings (SSSR count). The van der Waals surface area contributed by atoms with Crippen LogP contribution in [0.5, 0.6) is 0 Å². The molecule has 1 heterocycles. The molecular formula is C14H22NOS+. The molecule has 1 aliphatic heterocycles. The molecule has 1 aromatic carbocycles. The average Bonchev–Trinajstić information content (AvgIpc) is 2.29. The molecule has 1 unspecified atom stereocenters. The van der Waals surface area contributed by atoms with Crippen molar-refractivity contribution in [3.8, 4) is 0 Å². The summed E-state index contributed by atoms with van der Waals surface area (Å²) in [4.78, 5) is 3.06. The highest BCUT2D eigenvalue weighted by Crippen LogP contribution is 2.15. The fourth-order valence-electron chi connectivity index (χ4n) is 2.42. The Morgan fingerprint density at radius 1 is 1.18 bits per heavy atom. The predicted molar refractivity (Wildman–Crippen MR) is 72.7 cm³/mol. The molecule has 2 nitrogen and oxygen atoms in total. The molecule has 0 spiro atoms. The predicted octanol–water partition coefficient (Wildman–Crippen LogP) is 1.47. The van der Waals surface area contributed by atoms with Crippen LogP contribution in [-0.2, 0) is 4.74 Å². The van der Waals surface area contributed by atoms with Gasteiger partial charge in [0.2, 0.25) is 0 Å². The maximum absolute atomic E-state index is 5.75. The van der Waals surface area contributed by atoms with Crippen LogP contribution in [0.2, 0.25) is 0 Å². The van der Waals surface area contributed by atoms with E-state index in [1.807, 2.05) is 11.8 Å². The first-order valence-electron chi connectivity index (χ1n) is 6.41. The molecule has 0 aromatic heterocycles. The average molecular weight is 252 g/mol. The van der Waals surface area contributed by atoms with Crippen LogP contribution in [0.1, 0.15) is 13.8 Å². The molecule has 1 aromatic rings. The summed E-state index contributed by atoms with van der Waals surface area (Å²) in [6.45, 7) is 7.90. The second-order valence-corrected chi connectivity index (χ2v) is 6.00. The maximum atomic E-state index is 5.75. The number of ether oxygens (including phenoxy) is 1. The summed E-state index contributed by atoms with van der Waals surface area (Å²) in [5.74, 6) is 1.19. The van der Waals surface area contributed by atoms with Crippen molar-refractivity contribution >= 4 is 11.8 Å². The molecule has 1 fully saturated rings. The molecule has 0 bridgehead atoms. The van der Waals surface area contributed by atoms with E-state index in [1.54, 1.807) is 4.90 Å². The maximum Gasteiger partial charge on any atom is 0.104 e. The van der Waals surface area contributed by atoms with Gasteiger partial charge in [-0.15, -0.1) is 11.8 Å². The molecule has 17 heavy (non-hydrogen) atoms. The van der Waals surface area contributed by atoms with Gasteiger partial charge in [-0.05, 0) is 26.0 Å². The summed E-state index contributed by atoms with van der Waals surface area (Å²) >= 11 is 1.95. The van der Waals surface area contributed by atoms with Crippen molar-refractivity contribution in [3.05, 3.63) is 30.3 Å². The largest absolute Gasteiger partial charge is 0.364 e. The highest BCUT2D eigenvalue weighted by molar-refractivity contribution is 7.99. The van der Waals surface area contributed by atoms with E-state index < -0.39 is 0 Å². The third-order valence-corrected chi connectivity index (χ3v) is 4.10. The van der Waals surface area contributed by atoms with Gasteiger partial charge in [-0.3, -0.25) is 0 Å². The van der Waals surface area contributed by atoms with Crippen molar-refractivity contribution in [1.29, 1.82) is 0 Å². The second-order valence-electron chi connectivity index (χ2n) is 4.83. The van der Waals surface area contributed by atoms with Gasteiger partial charge in [-0.25, -0.2) is 0 Å². The number of hydrogen-bond donors (Lipinski definition) is 1. The number of thioether (sulfide) groups is 1. The third-order valence-electron chi connectivity index (χ3n) is 3.08. The molecule has 3 atom stereocenters. The SMILES string of the molecule is C[C@@H]1C[NH+](CCSc2ccccc2)C[C@H](C)O1. The summed E-state index contributed by atoms with van der Waals surface area (Å²) in [6.07, 6.45) is 0.825. The Morgan fingerprint density at radius 3 is 2.47 bits per heavy atom. The van der Waals surface area contributed by atoms with Gasteiger partial charge in [0.05, 0.1) is 6.54 Å². The molecule has 0 radical (unpaired) electrons. The Hall–Kier alpha value is -0.510. The minimum absolute atomic E-state index is 0.412. The second kappa shape index (κ2) is 6.43. The van der Waals surface area contributed by atoms with Gasteiger partial charge in [0.15, 0.2) is 0 Å². The van der Waals surface area contributed by atoms with Crippen LogP contribution < -0.4 is 4.90 Å². The Balaban J connectivity index is 1.71. The Morgan fingerprint density at radius 2 is 1.82 bits per heavy atom. The van der Waals surface area contributed by atoms with E-state index in [4.69, 9.17) is 4.74 Å². The van der Waals surface area contributed by atoms with E-state index in [-0.39, 0.29) is 0 Å². The van der Waals surface area contributed by atoms with Crippen LogP contribution in [0.25, 0.3) is 0 Å². The van der Waals surface area contributed by atoms with Crippen molar-refractivity contribution in [2.45, 2.75) is 31.0 Å². The first kappa shape index (κ1) is 12.9. The Bertz CT molecular complexity index is 320. The minimum atomic E-state index is 0.412. The van der Waals surface area contributed by atoms with Crippen LogP contribution in [0.3, 0.4) is 0 Å². The summed E-state index contributed by atoms with van der Waals surface area (Å²) < 4.78 is 5.75. The van der Waals surface area contributed by atoms with Gasteiger partial charge in [0.1, 0.15) is 25.3 Å². The van der Waals surface area contributed by atoms with Crippen molar-refractivity contribution in [3.63, 3.8) is 0 Å². The lowest BCUT2D eigenvalue weighted by Crippen LogP contribution is -3.15. The molecule has 1 saturated heterocycles. The number of morpholine rings is 1. The summed E-state index contributed by atoms with van der Waals surface area (Å²) in [7, 11) is 0. The van der Waals surface area contributed by atoms with Crippen molar-refractivity contribution in [1.82, 2.24) is 0 Å². The first-order valence-corrected chi connectivity index (χ1v) is 7.39. The normalized spacial score (nSPS) is 29.2. The fraction of sp³-hybridized carbons (Fsp3) is 0.571. The third kappa shape index (κ3) is 4.34. The lowest BCUT2D eigenvalue weighted by molar-refractivity contribution is -0.912. The summed E-state index contributed by atoms with van der Waals surface area (Å²) in [5.41, 5.74) is 0. The van der Waals surface area contributed by atoms with Crippen LogP contribution >= 0.6 is 11.8 Å². The van der Waals surface area contributed by atoms with E-state index in [1.165, 1.54) is 17.2 Å². The van der Waals surface area contributed by atoms with Crippen LogP contribution in [-0.4, -0.2) is 37.6 Å². The number of quaternary nitrogens is 1. The van der Waals surface area contributed by atoms with Gasteiger partial charge in [-0.1, -0.05) is 18.2 Å².